The van der Waals surface area contributed by atoms with Crippen LogP contribution in [0.15, 0.2) is 41.4 Å². The molecule has 1 aliphatic heterocycles. The molecule has 1 heterocycles. The standard InChI is InChI=1S/C12H11BrO2/c1-2-8-7-15-12(14)11(8)9-5-3-4-6-10(9)13/h2-6,8,11H,1,7H2. The molecule has 1 fully saturated rings. The molecule has 1 aliphatic rings. The Balaban J connectivity index is 2.40. The first-order chi connectivity index (χ1) is 7.24. The number of cyclic esters (lactones) is 1. The molecule has 2 nitrogen and oxygen atoms in total. The lowest BCUT2D eigenvalue weighted by molar-refractivity contribution is -0.139. The Kier molecular flexibility index (Phi) is 2.91. The molecule has 0 aromatic heterocycles. The average molecular weight is 267 g/mol. The number of benzene rings is 1. The Labute approximate surface area is 97.1 Å². The first-order valence-electron chi connectivity index (χ1n) is 4.77. The van der Waals surface area contributed by atoms with Gasteiger partial charge in [0.05, 0.1) is 12.5 Å². The maximum Gasteiger partial charge on any atom is 0.314 e. The summed E-state index contributed by atoms with van der Waals surface area (Å²) in [6, 6.07) is 7.72. The van der Waals surface area contributed by atoms with Crippen molar-refractivity contribution in [3.8, 4) is 0 Å². The topological polar surface area (TPSA) is 26.3 Å². The highest BCUT2D eigenvalue weighted by atomic mass is 79.9. The van der Waals surface area contributed by atoms with E-state index in [0.717, 1.165) is 10.0 Å². The van der Waals surface area contributed by atoms with Crippen molar-refractivity contribution in [3.63, 3.8) is 0 Å². The van der Waals surface area contributed by atoms with Crippen LogP contribution >= 0.6 is 15.9 Å². The molecule has 0 bridgehead atoms. The van der Waals surface area contributed by atoms with Gasteiger partial charge in [0.25, 0.3) is 0 Å². The summed E-state index contributed by atoms with van der Waals surface area (Å²) in [5, 5.41) is 0. The van der Waals surface area contributed by atoms with Crippen molar-refractivity contribution in [2.45, 2.75) is 5.92 Å². The number of esters is 1. The van der Waals surface area contributed by atoms with Crippen LogP contribution in [0.3, 0.4) is 0 Å². The average Bonchev–Trinajstić information content (AvgIpc) is 2.60. The van der Waals surface area contributed by atoms with Gasteiger partial charge in [-0.2, -0.15) is 0 Å². The number of hydrogen-bond acceptors (Lipinski definition) is 2. The summed E-state index contributed by atoms with van der Waals surface area (Å²) >= 11 is 3.45. The van der Waals surface area contributed by atoms with Crippen molar-refractivity contribution in [3.05, 3.63) is 47.0 Å². The molecule has 1 saturated heterocycles. The minimum Gasteiger partial charge on any atom is -0.465 e. The Morgan fingerprint density at radius 2 is 2.20 bits per heavy atom. The Hall–Kier alpha value is -1.09. The third-order valence-electron chi connectivity index (χ3n) is 2.64. The van der Waals surface area contributed by atoms with E-state index in [1.165, 1.54) is 0 Å². The van der Waals surface area contributed by atoms with Gasteiger partial charge in [0.2, 0.25) is 0 Å². The van der Waals surface area contributed by atoms with Gasteiger partial charge < -0.3 is 4.74 Å². The highest BCUT2D eigenvalue weighted by molar-refractivity contribution is 9.10. The van der Waals surface area contributed by atoms with Crippen LogP contribution in [0.25, 0.3) is 0 Å². The number of ether oxygens (including phenoxy) is 1. The van der Waals surface area contributed by atoms with Crippen LogP contribution in [0, 0.1) is 5.92 Å². The number of rotatable bonds is 2. The second-order valence-electron chi connectivity index (χ2n) is 3.53. The van der Waals surface area contributed by atoms with Gasteiger partial charge in [-0.05, 0) is 11.6 Å². The monoisotopic (exact) mass is 266 g/mol. The smallest absolute Gasteiger partial charge is 0.314 e. The molecule has 1 aromatic rings. The molecule has 15 heavy (non-hydrogen) atoms. The zero-order valence-electron chi connectivity index (χ0n) is 8.15. The van der Waals surface area contributed by atoms with Crippen molar-refractivity contribution in [2.75, 3.05) is 6.61 Å². The van der Waals surface area contributed by atoms with Gasteiger partial charge >= 0.3 is 5.97 Å². The van der Waals surface area contributed by atoms with Crippen molar-refractivity contribution in [2.24, 2.45) is 5.92 Å². The van der Waals surface area contributed by atoms with E-state index in [-0.39, 0.29) is 17.8 Å². The van der Waals surface area contributed by atoms with Crippen LogP contribution < -0.4 is 0 Å². The molecule has 0 N–H and O–H groups in total. The predicted molar refractivity (Wildman–Crippen MR) is 61.5 cm³/mol. The molecule has 0 spiro atoms. The number of hydrogen-bond donors (Lipinski definition) is 0. The lowest BCUT2D eigenvalue weighted by Crippen LogP contribution is -2.12. The first-order valence-corrected chi connectivity index (χ1v) is 5.57. The van der Waals surface area contributed by atoms with Gasteiger partial charge in [-0.25, -0.2) is 0 Å². The summed E-state index contributed by atoms with van der Waals surface area (Å²) in [4.78, 5) is 11.6. The van der Waals surface area contributed by atoms with Gasteiger partial charge in [0.1, 0.15) is 0 Å². The van der Waals surface area contributed by atoms with Crippen molar-refractivity contribution in [1.29, 1.82) is 0 Å². The molecule has 0 saturated carbocycles. The summed E-state index contributed by atoms with van der Waals surface area (Å²) < 4.78 is 5.99. The molecular weight excluding hydrogens is 256 g/mol. The Bertz CT molecular complexity index is 400. The Morgan fingerprint density at radius 3 is 2.87 bits per heavy atom. The van der Waals surface area contributed by atoms with E-state index in [4.69, 9.17) is 4.74 Å². The number of carbonyl (C=O) groups excluding carboxylic acids is 1. The van der Waals surface area contributed by atoms with E-state index < -0.39 is 0 Å². The molecule has 0 radical (unpaired) electrons. The van der Waals surface area contributed by atoms with E-state index in [0.29, 0.717) is 6.61 Å². The van der Waals surface area contributed by atoms with Crippen LogP contribution in [-0.4, -0.2) is 12.6 Å². The molecule has 0 aliphatic carbocycles. The second kappa shape index (κ2) is 4.19. The SMILES string of the molecule is C=CC1COC(=O)C1c1ccccc1Br. The normalized spacial score (nSPS) is 25.0. The minimum absolute atomic E-state index is 0.0798. The van der Waals surface area contributed by atoms with Gasteiger partial charge in [-0.15, -0.1) is 6.58 Å². The van der Waals surface area contributed by atoms with Crippen LogP contribution in [0.4, 0.5) is 0 Å². The molecule has 78 valence electrons. The fourth-order valence-electron chi connectivity index (χ4n) is 1.83. The number of carbonyl (C=O) groups is 1. The fraction of sp³-hybridized carbons (Fsp3) is 0.250. The van der Waals surface area contributed by atoms with Gasteiger partial charge in [0, 0.05) is 10.4 Å². The maximum atomic E-state index is 11.6. The predicted octanol–water partition coefficient (Wildman–Crippen LogP) is 2.89. The van der Waals surface area contributed by atoms with Gasteiger partial charge in [0.15, 0.2) is 0 Å². The van der Waals surface area contributed by atoms with Crippen LogP contribution in [-0.2, 0) is 9.53 Å². The zero-order valence-corrected chi connectivity index (χ0v) is 9.74. The Morgan fingerprint density at radius 1 is 1.47 bits per heavy atom. The summed E-state index contributed by atoms with van der Waals surface area (Å²) in [7, 11) is 0. The van der Waals surface area contributed by atoms with Crippen LogP contribution in [0.1, 0.15) is 11.5 Å². The minimum atomic E-state index is -0.210. The molecule has 1 aromatic carbocycles. The van der Waals surface area contributed by atoms with E-state index in [1.54, 1.807) is 6.08 Å². The highest BCUT2D eigenvalue weighted by Crippen LogP contribution is 2.36. The molecule has 3 heteroatoms. The molecule has 2 unspecified atom stereocenters. The summed E-state index contributed by atoms with van der Waals surface area (Å²) in [6.07, 6.45) is 1.79. The summed E-state index contributed by atoms with van der Waals surface area (Å²) in [5.74, 6) is -0.291. The van der Waals surface area contributed by atoms with Gasteiger partial charge in [-0.1, -0.05) is 40.2 Å². The third kappa shape index (κ3) is 1.84. The largest absolute Gasteiger partial charge is 0.465 e. The van der Waals surface area contributed by atoms with E-state index in [9.17, 15) is 4.79 Å². The fourth-order valence-corrected chi connectivity index (χ4v) is 2.36. The molecule has 2 rings (SSSR count). The lowest BCUT2D eigenvalue weighted by Gasteiger charge is -2.12. The quantitative estimate of drug-likeness (QED) is 0.608. The summed E-state index contributed by atoms with van der Waals surface area (Å²) in [6.45, 7) is 4.17. The molecule has 0 amide bonds. The highest BCUT2D eigenvalue weighted by Gasteiger charge is 2.37. The van der Waals surface area contributed by atoms with E-state index >= 15 is 0 Å². The van der Waals surface area contributed by atoms with E-state index in [2.05, 4.69) is 22.5 Å². The van der Waals surface area contributed by atoms with E-state index in [1.807, 2.05) is 24.3 Å². The molecular formula is C12H11BrO2. The second-order valence-corrected chi connectivity index (χ2v) is 4.38. The molecule has 2 atom stereocenters. The van der Waals surface area contributed by atoms with Crippen LogP contribution in [0.2, 0.25) is 0 Å². The van der Waals surface area contributed by atoms with Crippen molar-refractivity contribution < 1.29 is 9.53 Å². The lowest BCUT2D eigenvalue weighted by atomic mass is 9.89. The first kappa shape index (κ1) is 10.4. The summed E-state index contributed by atoms with van der Waals surface area (Å²) in [5.41, 5.74) is 0.977. The van der Waals surface area contributed by atoms with Gasteiger partial charge in [-0.3, -0.25) is 4.79 Å². The van der Waals surface area contributed by atoms with Crippen molar-refractivity contribution >= 4 is 21.9 Å². The zero-order chi connectivity index (χ0) is 10.8. The van der Waals surface area contributed by atoms with Crippen molar-refractivity contribution in [1.82, 2.24) is 0 Å². The maximum absolute atomic E-state index is 11.6. The number of halogens is 1. The third-order valence-corrected chi connectivity index (χ3v) is 3.37. The van der Waals surface area contributed by atoms with Crippen LogP contribution in [0.5, 0.6) is 0 Å².